The average Bonchev–Trinajstić information content (AvgIpc) is 3.64. The van der Waals surface area contributed by atoms with Gasteiger partial charge in [0.15, 0.2) is 0 Å². The first-order chi connectivity index (χ1) is 16.2. The van der Waals surface area contributed by atoms with E-state index < -0.39 is 23.0 Å². The van der Waals surface area contributed by atoms with E-state index in [0.717, 1.165) is 41.0 Å². The first-order valence-electron chi connectivity index (χ1n) is 10.6. The molecule has 0 amide bonds. The highest BCUT2D eigenvalue weighted by molar-refractivity contribution is 7.98. The van der Waals surface area contributed by atoms with Gasteiger partial charge in [0, 0.05) is 10.6 Å². The molecule has 3 nitrogen and oxygen atoms in total. The molecule has 178 valence electrons. The monoisotopic (exact) mass is 490 g/mol. The first kappa shape index (κ1) is 24.1. The third-order valence-electron chi connectivity index (χ3n) is 5.80. The van der Waals surface area contributed by atoms with E-state index in [-0.39, 0.29) is 18.1 Å². The molecular formula is C26H22F4O3S. The Kier molecular flexibility index (Phi) is 6.89. The average molecular weight is 491 g/mol. The van der Waals surface area contributed by atoms with Gasteiger partial charge in [-0.05, 0) is 65.9 Å². The largest absolute Gasteiger partial charge is 0.489 e. The molecular weight excluding hydrogens is 468 g/mol. The molecule has 0 saturated heterocycles. The fraction of sp³-hybridized carbons (Fsp3) is 0.269. The van der Waals surface area contributed by atoms with E-state index in [1.54, 1.807) is 23.9 Å². The van der Waals surface area contributed by atoms with Gasteiger partial charge in [-0.1, -0.05) is 30.3 Å². The molecule has 1 fully saturated rings. The second-order valence-corrected chi connectivity index (χ2v) is 9.18. The lowest BCUT2D eigenvalue weighted by atomic mass is 9.96. The fourth-order valence-electron chi connectivity index (χ4n) is 3.70. The molecule has 1 aliphatic carbocycles. The summed E-state index contributed by atoms with van der Waals surface area (Å²) in [5, 5.41) is 0. The van der Waals surface area contributed by atoms with Crippen molar-refractivity contribution in [2.45, 2.75) is 41.7 Å². The van der Waals surface area contributed by atoms with Crippen LogP contribution in [0.5, 0.6) is 5.75 Å². The molecule has 0 aliphatic heterocycles. The van der Waals surface area contributed by atoms with E-state index in [9.17, 15) is 22.4 Å². The third kappa shape index (κ3) is 5.38. The van der Waals surface area contributed by atoms with Crippen LogP contribution in [0, 0.1) is 5.82 Å². The van der Waals surface area contributed by atoms with Gasteiger partial charge in [-0.25, -0.2) is 4.39 Å². The summed E-state index contributed by atoms with van der Waals surface area (Å²) in [6, 6.07) is 18.1. The van der Waals surface area contributed by atoms with Crippen molar-refractivity contribution >= 4 is 17.7 Å². The molecule has 3 aromatic carbocycles. The number of ether oxygens (including phenoxy) is 2. The van der Waals surface area contributed by atoms with Crippen molar-refractivity contribution in [2.24, 2.45) is 0 Å². The van der Waals surface area contributed by atoms with E-state index in [1.807, 2.05) is 36.4 Å². The molecule has 0 heterocycles. The number of alkyl halides is 3. The number of methoxy groups -OCH3 is 1. The number of hydrogen-bond acceptors (Lipinski definition) is 4. The van der Waals surface area contributed by atoms with E-state index in [0.29, 0.717) is 11.5 Å². The summed E-state index contributed by atoms with van der Waals surface area (Å²) in [5.74, 6) is -0.262. The zero-order valence-electron chi connectivity index (χ0n) is 18.3. The van der Waals surface area contributed by atoms with Gasteiger partial charge in [0.1, 0.15) is 18.2 Å². The number of esters is 1. The number of hydrogen-bond donors (Lipinski definition) is 0. The maximum absolute atomic E-state index is 13.4. The van der Waals surface area contributed by atoms with Crippen molar-refractivity contribution in [3.05, 3.63) is 94.8 Å². The lowest BCUT2D eigenvalue weighted by molar-refractivity contribution is -0.143. The Labute approximate surface area is 199 Å². The number of thioether (sulfide) groups is 1. The molecule has 0 atom stereocenters. The Bertz CT molecular complexity index is 1150. The van der Waals surface area contributed by atoms with Crippen LogP contribution in [0.1, 0.15) is 35.1 Å². The topological polar surface area (TPSA) is 35.5 Å². The molecule has 0 spiro atoms. The van der Waals surface area contributed by atoms with Crippen LogP contribution < -0.4 is 4.74 Å². The smallest absolute Gasteiger partial charge is 0.419 e. The number of carbonyl (C=O) groups excluding carboxylic acids is 1. The minimum atomic E-state index is -4.75. The van der Waals surface area contributed by atoms with Crippen LogP contribution in [-0.2, 0) is 33.5 Å². The fourth-order valence-corrected chi connectivity index (χ4v) is 4.55. The van der Waals surface area contributed by atoms with E-state index in [2.05, 4.69) is 0 Å². The zero-order chi connectivity index (χ0) is 24.3. The molecule has 0 bridgehead atoms. The standard InChI is InChI=1S/C26H22F4O3S/c1-32-24(31)25(12-13-25)19-5-9-21(10-6-19)34-16-17-2-7-20(8-3-17)33-15-18-4-11-23(27)22(14-18)26(28,29)30/h2-11,14H,12-13,15-16H2,1H3. The quantitative estimate of drug-likeness (QED) is 0.195. The summed E-state index contributed by atoms with van der Waals surface area (Å²) in [6.45, 7) is -0.100. The number of carbonyl (C=O) groups is 1. The first-order valence-corrected chi connectivity index (χ1v) is 11.6. The Morgan fingerprint density at radius 2 is 1.62 bits per heavy atom. The van der Waals surface area contributed by atoms with Crippen LogP contribution in [0.4, 0.5) is 17.6 Å². The normalized spacial score (nSPS) is 14.5. The molecule has 4 rings (SSSR count). The van der Waals surface area contributed by atoms with Gasteiger partial charge in [0.2, 0.25) is 0 Å². The van der Waals surface area contributed by atoms with Gasteiger partial charge < -0.3 is 9.47 Å². The molecule has 3 aromatic rings. The summed E-state index contributed by atoms with van der Waals surface area (Å²) in [7, 11) is 1.41. The molecule has 8 heteroatoms. The maximum atomic E-state index is 13.4. The highest BCUT2D eigenvalue weighted by atomic mass is 32.2. The molecule has 1 saturated carbocycles. The lowest BCUT2D eigenvalue weighted by Crippen LogP contribution is -2.21. The predicted molar refractivity (Wildman–Crippen MR) is 121 cm³/mol. The molecule has 0 radical (unpaired) electrons. The van der Waals surface area contributed by atoms with Crippen molar-refractivity contribution in [3.8, 4) is 5.75 Å². The Hall–Kier alpha value is -3.00. The number of halogens is 4. The number of rotatable bonds is 8. The van der Waals surface area contributed by atoms with Crippen LogP contribution in [0.3, 0.4) is 0 Å². The molecule has 0 aromatic heterocycles. The zero-order valence-corrected chi connectivity index (χ0v) is 19.1. The van der Waals surface area contributed by atoms with Crippen LogP contribution in [-0.4, -0.2) is 13.1 Å². The highest BCUT2D eigenvalue weighted by Crippen LogP contribution is 2.49. The summed E-state index contributed by atoms with van der Waals surface area (Å²) in [6.07, 6.45) is -3.13. The van der Waals surface area contributed by atoms with Crippen molar-refractivity contribution < 1.29 is 31.8 Å². The summed E-state index contributed by atoms with van der Waals surface area (Å²) >= 11 is 1.65. The molecule has 0 N–H and O–H groups in total. The second-order valence-electron chi connectivity index (χ2n) is 8.13. The molecule has 1 aliphatic rings. The maximum Gasteiger partial charge on any atom is 0.419 e. The van der Waals surface area contributed by atoms with Gasteiger partial charge in [0.05, 0.1) is 18.1 Å². The van der Waals surface area contributed by atoms with Gasteiger partial charge >= 0.3 is 12.1 Å². The minimum Gasteiger partial charge on any atom is -0.489 e. The number of benzene rings is 3. The van der Waals surface area contributed by atoms with E-state index in [1.165, 1.54) is 13.2 Å². The van der Waals surface area contributed by atoms with Crippen LogP contribution in [0.25, 0.3) is 0 Å². The Balaban J connectivity index is 1.30. The predicted octanol–water partition coefficient (Wildman–Crippen LogP) is 6.92. The van der Waals surface area contributed by atoms with Crippen molar-refractivity contribution in [2.75, 3.05) is 7.11 Å². The minimum absolute atomic E-state index is 0.100. The molecule has 34 heavy (non-hydrogen) atoms. The SMILES string of the molecule is COC(=O)C1(c2ccc(SCc3ccc(OCc4ccc(F)c(C(F)(F)F)c4)cc3)cc2)CC1. The third-order valence-corrected chi connectivity index (χ3v) is 6.89. The highest BCUT2D eigenvalue weighted by Gasteiger charge is 2.52. The summed E-state index contributed by atoms with van der Waals surface area (Å²) in [5.41, 5.74) is 0.490. The Morgan fingerprint density at radius 3 is 2.21 bits per heavy atom. The van der Waals surface area contributed by atoms with Gasteiger partial charge in [-0.15, -0.1) is 11.8 Å². The Morgan fingerprint density at radius 1 is 0.971 bits per heavy atom. The van der Waals surface area contributed by atoms with Gasteiger partial charge in [0.25, 0.3) is 0 Å². The van der Waals surface area contributed by atoms with E-state index in [4.69, 9.17) is 9.47 Å². The van der Waals surface area contributed by atoms with Gasteiger partial charge in [-0.2, -0.15) is 13.2 Å². The van der Waals surface area contributed by atoms with Crippen LogP contribution >= 0.6 is 11.8 Å². The molecule has 0 unspecified atom stereocenters. The summed E-state index contributed by atoms with van der Waals surface area (Å²) < 4.78 is 62.5. The van der Waals surface area contributed by atoms with Crippen LogP contribution in [0.15, 0.2) is 71.6 Å². The van der Waals surface area contributed by atoms with E-state index >= 15 is 0 Å². The second kappa shape index (κ2) is 9.70. The van der Waals surface area contributed by atoms with Crippen molar-refractivity contribution in [1.82, 2.24) is 0 Å². The van der Waals surface area contributed by atoms with Crippen molar-refractivity contribution in [3.63, 3.8) is 0 Å². The van der Waals surface area contributed by atoms with Gasteiger partial charge in [-0.3, -0.25) is 4.79 Å². The lowest BCUT2D eigenvalue weighted by Gasteiger charge is -2.13. The van der Waals surface area contributed by atoms with Crippen molar-refractivity contribution in [1.29, 1.82) is 0 Å². The van der Waals surface area contributed by atoms with Crippen LogP contribution in [0.2, 0.25) is 0 Å². The summed E-state index contributed by atoms with van der Waals surface area (Å²) in [4.78, 5) is 13.1.